The smallest absolute Gasteiger partial charge is 0.0548 e. The van der Waals surface area contributed by atoms with Gasteiger partial charge >= 0.3 is 0 Å². The van der Waals surface area contributed by atoms with E-state index in [9.17, 15) is 0 Å². The van der Waals surface area contributed by atoms with Gasteiger partial charge in [0.1, 0.15) is 0 Å². The Morgan fingerprint density at radius 1 is 1.73 bits per heavy atom. The van der Waals surface area contributed by atoms with Crippen LogP contribution in [0.15, 0.2) is 0 Å². The topological polar surface area (TPSA) is 21.3 Å². The molecule has 1 rings (SSSR count). The molecule has 1 fully saturated rings. The maximum atomic E-state index is 5.35. The van der Waals surface area contributed by atoms with Crippen molar-refractivity contribution in [2.24, 2.45) is 0 Å². The summed E-state index contributed by atoms with van der Waals surface area (Å²) in [6, 6.07) is 0.703. The third-order valence-electron chi connectivity index (χ3n) is 2.03. The molecule has 0 amide bonds. The fraction of sp³-hybridized carbons (Fsp3) is 0.889. The van der Waals surface area contributed by atoms with Crippen molar-refractivity contribution in [2.75, 3.05) is 13.2 Å². The molecular formula is C9H18NO. The predicted octanol–water partition coefficient (Wildman–Crippen LogP) is 1.37. The molecule has 0 bridgehead atoms. The summed E-state index contributed by atoms with van der Waals surface area (Å²) in [5.74, 6) is 0. The summed E-state index contributed by atoms with van der Waals surface area (Å²) >= 11 is 0. The molecule has 2 atom stereocenters. The summed E-state index contributed by atoms with van der Waals surface area (Å²) in [4.78, 5) is 0. The standard InChI is InChI=1S/C9H18NO/c1-8(2)11-7-5-9-4-3-6-10-9/h8-10H,1,3-7H2,2H3. The molecule has 0 aromatic carbocycles. The van der Waals surface area contributed by atoms with E-state index in [-0.39, 0.29) is 6.10 Å². The molecule has 0 aromatic rings. The van der Waals surface area contributed by atoms with Crippen molar-refractivity contribution in [1.29, 1.82) is 0 Å². The van der Waals surface area contributed by atoms with Crippen molar-refractivity contribution >= 4 is 0 Å². The van der Waals surface area contributed by atoms with E-state index in [1.54, 1.807) is 0 Å². The van der Waals surface area contributed by atoms with Gasteiger partial charge in [-0.25, -0.2) is 0 Å². The number of nitrogens with one attached hydrogen (secondary N) is 1. The molecule has 1 aliphatic rings. The Morgan fingerprint density at radius 3 is 3.09 bits per heavy atom. The number of rotatable bonds is 4. The van der Waals surface area contributed by atoms with Crippen molar-refractivity contribution < 1.29 is 4.74 Å². The van der Waals surface area contributed by atoms with Gasteiger partial charge in [0.15, 0.2) is 0 Å². The molecule has 1 N–H and O–H groups in total. The van der Waals surface area contributed by atoms with E-state index < -0.39 is 0 Å². The molecule has 1 heterocycles. The molecule has 1 radical (unpaired) electrons. The zero-order valence-corrected chi connectivity index (χ0v) is 7.31. The molecule has 2 heteroatoms. The fourth-order valence-electron chi connectivity index (χ4n) is 1.41. The van der Waals surface area contributed by atoms with Gasteiger partial charge < -0.3 is 10.1 Å². The summed E-state index contributed by atoms with van der Waals surface area (Å²) in [6.45, 7) is 7.77. The highest BCUT2D eigenvalue weighted by molar-refractivity contribution is 4.73. The van der Waals surface area contributed by atoms with Gasteiger partial charge in [-0.3, -0.25) is 0 Å². The summed E-state index contributed by atoms with van der Waals surface area (Å²) in [5.41, 5.74) is 0. The zero-order chi connectivity index (χ0) is 8.10. The average molecular weight is 156 g/mol. The average Bonchev–Trinajstić information content (AvgIpc) is 2.39. The van der Waals surface area contributed by atoms with Gasteiger partial charge in [0.25, 0.3) is 0 Å². The Bertz CT molecular complexity index is 97.7. The summed E-state index contributed by atoms with van der Waals surface area (Å²) < 4.78 is 5.35. The molecule has 65 valence electrons. The normalized spacial score (nSPS) is 24.8. The lowest BCUT2D eigenvalue weighted by molar-refractivity contribution is 0.0887. The third-order valence-corrected chi connectivity index (χ3v) is 2.03. The molecule has 0 aliphatic carbocycles. The van der Waals surface area contributed by atoms with E-state index in [2.05, 4.69) is 12.2 Å². The summed E-state index contributed by atoms with van der Waals surface area (Å²) in [7, 11) is 0. The van der Waals surface area contributed by atoms with Gasteiger partial charge in [0.2, 0.25) is 0 Å². The van der Waals surface area contributed by atoms with Crippen LogP contribution in [0.3, 0.4) is 0 Å². The minimum Gasteiger partial charge on any atom is -0.378 e. The molecule has 11 heavy (non-hydrogen) atoms. The molecule has 0 spiro atoms. The molecule has 1 aliphatic heterocycles. The zero-order valence-electron chi connectivity index (χ0n) is 7.31. The molecule has 2 unspecified atom stereocenters. The van der Waals surface area contributed by atoms with E-state index in [4.69, 9.17) is 4.74 Å². The monoisotopic (exact) mass is 156 g/mol. The van der Waals surface area contributed by atoms with Crippen molar-refractivity contribution in [3.8, 4) is 0 Å². The first kappa shape index (κ1) is 9.01. The maximum absolute atomic E-state index is 5.35. The Hall–Kier alpha value is -0.0800. The second kappa shape index (κ2) is 4.73. The fourth-order valence-corrected chi connectivity index (χ4v) is 1.41. The SMILES string of the molecule is [CH2]C(C)OCCC1CCCN1. The minimum atomic E-state index is 0.136. The van der Waals surface area contributed by atoms with Crippen LogP contribution in [0, 0.1) is 6.92 Å². The van der Waals surface area contributed by atoms with Crippen molar-refractivity contribution in [1.82, 2.24) is 5.32 Å². The Labute approximate surface area is 69.3 Å². The highest BCUT2D eigenvalue weighted by atomic mass is 16.5. The van der Waals surface area contributed by atoms with Crippen LogP contribution in [0.4, 0.5) is 0 Å². The lowest BCUT2D eigenvalue weighted by Crippen LogP contribution is -2.23. The van der Waals surface area contributed by atoms with E-state index in [0.717, 1.165) is 13.0 Å². The van der Waals surface area contributed by atoms with Gasteiger partial charge in [0.05, 0.1) is 6.10 Å². The lowest BCUT2D eigenvalue weighted by Gasteiger charge is -2.11. The van der Waals surface area contributed by atoms with Crippen LogP contribution in [0.5, 0.6) is 0 Å². The van der Waals surface area contributed by atoms with Crippen molar-refractivity contribution in [3.05, 3.63) is 6.92 Å². The number of hydrogen-bond acceptors (Lipinski definition) is 2. The van der Waals surface area contributed by atoms with Crippen molar-refractivity contribution in [3.63, 3.8) is 0 Å². The highest BCUT2D eigenvalue weighted by Crippen LogP contribution is 2.08. The predicted molar refractivity (Wildman–Crippen MR) is 46.4 cm³/mol. The van der Waals surface area contributed by atoms with Gasteiger partial charge in [-0.1, -0.05) is 0 Å². The number of hydrogen-bond donors (Lipinski definition) is 1. The molecule has 1 saturated heterocycles. The third kappa shape index (κ3) is 3.73. The Balaban J connectivity index is 1.94. The first-order valence-corrected chi connectivity index (χ1v) is 4.47. The van der Waals surface area contributed by atoms with Gasteiger partial charge in [0, 0.05) is 12.6 Å². The van der Waals surface area contributed by atoms with E-state index >= 15 is 0 Å². The number of ether oxygens (including phenoxy) is 1. The van der Waals surface area contributed by atoms with Gasteiger partial charge in [-0.2, -0.15) is 0 Å². The maximum Gasteiger partial charge on any atom is 0.0548 e. The van der Waals surface area contributed by atoms with E-state index in [1.165, 1.54) is 19.4 Å². The second-order valence-corrected chi connectivity index (χ2v) is 3.26. The Morgan fingerprint density at radius 2 is 2.55 bits per heavy atom. The van der Waals surface area contributed by atoms with Gasteiger partial charge in [-0.05, 0) is 39.7 Å². The first-order valence-electron chi connectivity index (χ1n) is 4.47. The lowest BCUT2D eigenvalue weighted by atomic mass is 10.2. The Kier molecular flexibility index (Phi) is 3.87. The second-order valence-electron chi connectivity index (χ2n) is 3.26. The molecule has 0 aromatic heterocycles. The van der Waals surface area contributed by atoms with Crippen molar-refractivity contribution in [2.45, 2.75) is 38.3 Å². The van der Waals surface area contributed by atoms with Crippen LogP contribution >= 0.6 is 0 Å². The van der Waals surface area contributed by atoms with Crippen LogP contribution < -0.4 is 5.32 Å². The van der Waals surface area contributed by atoms with Crippen LogP contribution in [-0.4, -0.2) is 25.3 Å². The summed E-state index contributed by atoms with van der Waals surface area (Å²) in [6.07, 6.45) is 3.91. The quantitative estimate of drug-likeness (QED) is 0.663. The van der Waals surface area contributed by atoms with Crippen LogP contribution in [0.1, 0.15) is 26.2 Å². The van der Waals surface area contributed by atoms with Crippen LogP contribution in [-0.2, 0) is 4.74 Å². The van der Waals surface area contributed by atoms with Crippen LogP contribution in [0.25, 0.3) is 0 Å². The molecule has 0 saturated carbocycles. The van der Waals surface area contributed by atoms with Crippen LogP contribution in [0.2, 0.25) is 0 Å². The largest absolute Gasteiger partial charge is 0.378 e. The van der Waals surface area contributed by atoms with E-state index in [0.29, 0.717) is 6.04 Å². The summed E-state index contributed by atoms with van der Waals surface area (Å²) in [5, 5.41) is 3.43. The molecular weight excluding hydrogens is 138 g/mol. The van der Waals surface area contributed by atoms with E-state index in [1.807, 2.05) is 6.92 Å². The highest BCUT2D eigenvalue weighted by Gasteiger charge is 2.13. The van der Waals surface area contributed by atoms with Gasteiger partial charge in [-0.15, -0.1) is 0 Å². The first-order chi connectivity index (χ1) is 5.29. The minimum absolute atomic E-state index is 0.136. The molecule has 2 nitrogen and oxygen atoms in total.